The molecule has 4 atom stereocenters. The van der Waals surface area contributed by atoms with Crippen LogP contribution in [0.2, 0.25) is 0 Å². The second-order valence-corrected chi connectivity index (χ2v) is 9.63. The van der Waals surface area contributed by atoms with Crippen LogP contribution in [0.5, 0.6) is 11.8 Å². The molecule has 2 N–H and O–H groups in total. The van der Waals surface area contributed by atoms with Gasteiger partial charge in [-0.05, 0) is 53.1 Å². The molecule has 3 unspecified atom stereocenters. The molecule has 180 valence electrons. The number of fused-ring (bicyclic) bond motifs is 3. The van der Waals surface area contributed by atoms with Gasteiger partial charge in [0.15, 0.2) is 5.82 Å². The highest BCUT2D eigenvalue weighted by Crippen LogP contribution is 2.51. The Balaban J connectivity index is 1.59. The van der Waals surface area contributed by atoms with Crippen molar-refractivity contribution < 1.29 is 19.3 Å². The lowest BCUT2D eigenvalue weighted by Gasteiger charge is -2.31. The van der Waals surface area contributed by atoms with E-state index in [1.807, 2.05) is 25.1 Å². The Hall–Kier alpha value is -3.52. The second kappa shape index (κ2) is 8.02. The number of aliphatic hydroxyl groups is 1. The number of piperidine rings is 1. The van der Waals surface area contributed by atoms with E-state index in [1.54, 1.807) is 18.3 Å². The number of methoxy groups -OCH3 is 1. The van der Waals surface area contributed by atoms with Crippen molar-refractivity contribution in [2.24, 2.45) is 11.8 Å². The number of rotatable bonds is 4. The van der Waals surface area contributed by atoms with E-state index < -0.39 is 11.9 Å². The van der Waals surface area contributed by atoms with Crippen LogP contribution >= 0.6 is 0 Å². The van der Waals surface area contributed by atoms with Crippen LogP contribution in [-0.4, -0.2) is 51.0 Å². The fourth-order valence-electron chi connectivity index (χ4n) is 5.85. The van der Waals surface area contributed by atoms with Gasteiger partial charge in [0.1, 0.15) is 22.8 Å². The number of aryl methyl sites for hydroxylation is 1. The smallest absolute Gasteiger partial charge is 0.318 e. The van der Waals surface area contributed by atoms with Crippen molar-refractivity contribution in [1.29, 1.82) is 0 Å². The van der Waals surface area contributed by atoms with Crippen LogP contribution in [0.25, 0.3) is 32.9 Å². The first-order valence-corrected chi connectivity index (χ1v) is 12.0. The van der Waals surface area contributed by atoms with Crippen molar-refractivity contribution in [1.82, 2.24) is 15.0 Å². The number of aromatic nitrogens is 3. The Morgan fingerprint density at radius 1 is 1.23 bits per heavy atom. The van der Waals surface area contributed by atoms with Crippen molar-refractivity contribution >= 4 is 27.5 Å². The zero-order valence-corrected chi connectivity index (χ0v) is 19.9. The molecule has 0 bridgehead atoms. The molecule has 7 nitrogen and oxygen atoms in total. The fraction of sp³-hybridized carbons (Fsp3) is 0.370. The molecule has 1 aliphatic carbocycles. The number of aromatic hydroxyl groups is 1. The van der Waals surface area contributed by atoms with E-state index in [-0.39, 0.29) is 29.0 Å². The van der Waals surface area contributed by atoms with Crippen molar-refractivity contribution in [3.05, 3.63) is 47.9 Å². The van der Waals surface area contributed by atoms with E-state index in [1.165, 1.54) is 7.11 Å². The number of phenols is 1. The molecule has 4 aromatic rings. The summed E-state index contributed by atoms with van der Waals surface area (Å²) in [5.41, 5.74) is 1.77. The molecule has 0 radical (unpaired) electrons. The van der Waals surface area contributed by atoms with Gasteiger partial charge in [-0.25, -0.2) is 4.39 Å². The molecule has 2 aliphatic rings. The van der Waals surface area contributed by atoms with Gasteiger partial charge in [-0.15, -0.1) is 0 Å². The van der Waals surface area contributed by atoms with Crippen LogP contribution in [0.4, 0.5) is 10.2 Å². The van der Waals surface area contributed by atoms with Gasteiger partial charge in [0, 0.05) is 24.3 Å². The van der Waals surface area contributed by atoms with E-state index in [9.17, 15) is 10.2 Å². The first-order valence-electron chi connectivity index (χ1n) is 12.0. The number of phenolic OH excluding ortho intramolecular Hbond substituents is 1. The molecule has 2 aromatic heterocycles. The summed E-state index contributed by atoms with van der Waals surface area (Å²) in [6, 6.07) is 9.35. The summed E-state index contributed by atoms with van der Waals surface area (Å²) in [5, 5.41) is 23.0. The highest BCUT2D eigenvalue weighted by molar-refractivity contribution is 6.01. The third kappa shape index (κ3) is 3.38. The first kappa shape index (κ1) is 22.0. The van der Waals surface area contributed by atoms with Gasteiger partial charge in [0.25, 0.3) is 0 Å². The Bertz CT molecular complexity index is 1480. The zero-order valence-electron chi connectivity index (χ0n) is 19.9. The average molecular weight is 475 g/mol. The lowest BCUT2D eigenvalue weighted by Crippen LogP contribution is -2.40. The van der Waals surface area contributed by atoms with E-state index >= 15 is 4.39 Å². The third-order valence-electron chi connectivity index (χ3n) is 7.61. The summed E-state index contributed by atoms with van der Waals surface area (Å²) in [7, 11) is 1.45. The van der Waals surface area contributed by atoms with Crippen molar-refractivity contribution in [2.75, 3.05) is 18.6 Å². The van der Waals surface area contributed by atoms with Gasteiger partial charge in [-0.3, -0.25) is 4.98 Å². The van der Waals surface area contributed by atoms with E-state index in [0.717, 1.165) is 29.2 Å². The van der Waals surface area contributed by atoms with Gasteiger partial charge in [0.2, 0.25) is 0 Å². The van der Waals surface area contributed by atoms with Crippen LogP contribution in [0.1, 0.15) is 25.8 Å². The van der Waals surface area contributed by atoms with Gasteiger partial charge in [0.05, 0.1) is 18.6 Å². The zero-order chi connectivity index (χ0) is 24.4. The normalized spacial score (nSPS) is 23.5. The van der Waals surface area contributed by atoms with Gasteiger partial charge in [-0.1, -0.05) is 32.0 Å². The quantitative estimate of drug-likeness (QED) is 0.451. The largest absolute Gasteiger partial charge is 0.508 e. The molecule has 1 saturated heterocycles. The molecule has 35 heavy (non-hydrogen) atoms. The number of benzene rings is 2. The number of β-amino-alcohol motifs (C(OH)–C–C–N with tert-alkyl or cyclic N) is 1. The van der Waals surface area contributed by atoms with Crippen LogP contribution in [0, 0.1) is 17.7 Å². The molecular weight excluding hydrogens is 447 g/mol. The van der Waals surface area contributed by atoms with Crippen LogP contribution < -0.4 is 9.64 Å². The Kier molecular flexibility index (Phi) is 5.03. The molecule has 0 amide bonds. The summed E-state index contributed by atoms with van der Waals surface area (Å²) in [6.07, 6.45) is 2.64. The third-order valence-corrected chi connectivity index (χ3v) is 7.61. The van der Waals surface area contributed by atoms with Crippen molar-refractivity contribution in [3.8, 4) is 23.0 Å². The lowest BCUT2D eigenvalue weighted by atomic mass is 9.95. The number of halogens is 1. The first-order chi connectivity index (χ1) is 16.9. The van der Waals surface area contributed by atoms with Crippen LogP contribution in [0.3, 0.4) is 0 Å². The van der Waals surface area contributed by atoms with Gasteiger partial charge >= 0.3 is 6.01 Å². The number of nitrogens with zero attached hydrogens (tertiary/aromatic N) is 4. The van der Waals surface area contributed by atoms with Crippen LogP contribution in [-0.2, 0) is 6.42 Å². The maximum atomic E-state index is 16.2. The van der Waals surface area contributed by atoms with Crippen LogP contribution in [0.15, 0.2) is 36.5 Å². The van der Waals surface area contributed by atoms with Crippen molar-refractivity contribution in [3.63, 3.8) is 0 Å². The lowest BCUT2D eigenvalue weighted by molar-refractivity contribution is 0.149. The van der Waals surface area contributed by atoms with E-state index in [4.69, 9.17) is 4.74 Å². The molecule has 2 aromatic carbocycles. The molecular formula is C27H27FN4O3. The molecule has 3 heterocycles. The highest BCUT2D eigenvalue weighted by atomic mass is 19.1. The standard InChI is InChI=1S/C27H27FN4O3/c1-4-14-6-5-7-15-8-16(33)9-19(21(14)15)23-22(28)24-20(11-29-23)26(31-27(30-24)35-3)32-12-17(34)10-18-13(2)25(18)32/h5-9,11,13,17-18,25,33-34H,4,10,12H2,1-3H3/t13-,17?,18?,25?/m1/s1. The monoisotopic (exact) mass is 474 g/mol. The molecule has 1 saturated carbocycles. The second-order valence-electron chi connectivity index (χ2n) is 9.63. The summed E-state index contributed by atoms with van der Waals surface area (Å²) < 4.78 is 21.6. The predicted octanol–water partition coefficient (Wildman–Crippen LogP) is 4.47. The Morgan fingerprint density at radius 2 is 2.06 bits per heavy atom. The Labute approximate surface area is 202 Å². The average Bonchev–Trinajstić information content (AvgIpc) is 3.51. The molecule has 8 heteroatoms. The molecule has 0 spiro atoms. The van der Waals surface area contributed by atoms with Crippen molar-refractivity contribution in [2.45, 2.75) is 38.8 Å². The summed E-state index contributed by atoms with van der Waals surface area (Å²) in [4.78, 5) is 15.5. The molecule has 1 aliphatic heterocycles. The maximum absolute atomic E-state index is 16.2. The topological polar surface area (TPSA) is 91.6 Å². The molecule has 6 rings (SSSR count). The minimum atomic E-state index is -0.597. The number of hydrogen-bond acceptors (Lipinski definition) is 7. The summed E-state index contributed by atoms with van der Waals surface area (Å²) in [6.45, 7) is 4.62. The van der Waals surface area contributed by atoms with E-state index in [2.05, 4.69) is 26.8 Å². The Morgan fingerprint density at radius 3 is 2.83 bits per heavy atom. The number of aliphatic hydroxyl groups excluding tert-OH is 1. The maximum Gasteiger partial charge on any atom is 0.318 e. The summed E-state index contributed by atoms with van der Waals surface area (Å²) in [5.74, 6) is 0.779. The number of pyridine rings is 1. The summed E-state index contributed by atoms with van der Waals surface area (Å²) >= 11 is 0. The number of anilines is 1. The SMILES string of the molecule is CCc1cccc2cc(O)cc(-c3ncc4c(N5CC(O)CC6C5[C@@H]6C)nc(OC)nc4c3F)c12. The van der Waals surface area contributed by atoms with Gasteiger partial charge in [-0.2, -0.15) is 9.97 Å². The minimum absolute atomic E-state index is 0.0408. The highest BCUT2D eigenvalue weighted by Gasteiger charge is 2.55. The minimum Gasteiger partial charge on any atom is -0.508 e. The molecule has 2 fully saturated rings. The predicted molar refractivity (Wildman–Crippen MR) is 132 cm³/mol. The number of ether oxygens (including phenoxy) is 1. The van der Waals surface area contributed by atoms with E-state index in [0.29, 0.717) is 35.1 Å². The van der Waals surface area contributed by atoms with Gasteiger partial charge < -0.3 is 19.8 Å². The fourth-order valence-corrected chi connectivity index (χ4v) is 5.85. The number of hydrogen-bond donors (Lipinski definition) is 2.